The van der Waals surface area contributed by atoms with Crippen LogP contribution >= 0.6 is 23.2 Å². The molecule has 1 atom stereocenters. The first kappa shape index (κ1) is 8.35. The van der Waals surface area contributed by atoms with E-state index in [0.29, 0.717) is 6.42 Å². The summed E-state index contributed by atoms with van der Waals surface area (Å²) in [7, 11) is 0. The maximum Gasteiger partial charge on any atom is 0.204 e. The van der Waals surface area contributed by atoms with E-state index in [1.165, 1.54) is 0 Å². The molecule has 0 aliphatic heterocycles. The van der Waals surface area contributed by atoms with Crippen molar-refractivity contribution >= 4 is 29.5 Å². The van der Waals surface area contributed by atoms with Gasteiger partial charge in [-0.2, -0.15) is 0 Å². The smallest absolute Gasteiger partial charge is 0.204 e. The van der Waals surface area contributed by atoms with E-state index in [9.17, 15) is 4.79 Å². The second-order valence-electron chi connectivity index (χ2n) is 3.34. The predicted octanol–water partition coefficient (Wildman–Crippen LogP) is 2.32. The van der Waals surface area contributed by atoms with Crippen molar-refractivity contribution in [2.45, 2.75) is 24.6 Å². The van der Waals surface area contributed by atoms with Gasteiger partial charge in [0.2, 0.25) is 6.29 Å². The van der Waals surface area contributed by atoms with Crippen LogP contribution in [0.3, 0.4) is 0 Å². The lowest BCUT2D eigenvalue weighted by Crippen LogP contribution is -2.18. The molecule has 0 aromatic carbocycles. The van der Waals surface area contributed by atoms with Crippen LogP contribution in [0.1, 0.15) is 20.3 Å². The number of hydrogen-bond acceptors (Lipinski definition) is 1. The minimum atomic E-state index is -0.666. The van der Waals surface area contributed by atoms with Crippen molar-refractivity contribution in [2.75, 3.05) is 0 Å². The van der Waals surface area contributed by atoms with Gasteiger partial charge in [-0.25, -0.2) is 0 Å². The van der Waals surface area contributed by atoms with E-state index in [-0.39, 0.29) is 5.92 Å². The zero-order chi connectivity index (χ0) is 7.99. The molecule has 0 N–H and O–H groups in total. The maximum absolute atomic E-state index is 10.4. The van der Waals surface area contributed by atoms with Crippen LogP contribution in [0, 0.1) is 11.3 Å². The van der Waals surface area contributed by atoms with Crippen molar-refractivity contribution in [3.8, 4) is 0 Å². The van der Waals surface area contributed by atoms with Crippen LogP contribution in [0.5, 0.6) is 0 Å². The van der Waals surface area contributed by atoms with E-state index in [2.05, 4.69) is 0 Å². The second-order valence-corrected chi connectivity index (χ2v) is 4.88. The third-order valence-electron chi connectivity index (χ3n) is 1.96. The average Bonchev–Trinajstić information content (AvgIpc) is 2.41. The largest absolute Gasteiger partial charge is 0.290 e. The van der Waals surface area contributed by atoms with Crippen molar-refractivity contribution in [1.29, 1.82) is 0 Å². The lowest BCUT2D eigenvalue weighted by molar-refractivity contribution is 0.402. The molecule has 3 heteroatoms. The van der Waals surface area contributed by atoms with E-state index < -0.39 is 9.75 Å². The summed E-state index contributed by atoms with van der Waals surface area (Å²) in [5.41, 5.74) is -0.483. The van der Waals surface area contributed by atoms with Crippen LogP contribution in [0.2, 0.25) is 0 Å². The van der Waals surface area contributed by atoms with E-state index in [4.69, 9.17) is 23.2 Å². The molecule has 0 bridgehead atoms. The van der Waals surface area contributed by atoms with Gasteiger partial charge in [0, 0.05) is 11.3 Å². The van der Waals surface area contributed by atoms with Crippen LogP contribution in [0.25, 0.3) is 0 Å². The molecule has 1 aliphatic rings. The highest BCUT2D eigenvalue weighted by atomic mass is 35.5. The topological polar surface area (TPSA) is 17.1 Å². The first-order valence-electron chi connectivity index (χ1n) is 3.17. The SMILES string of the molecule is CC(C)([C]=O)C1CC1(Cl)Cl. The fourth-order valence-corrected chi connectivity index (χ4v) is 1.92. The van der Waals surface area contributed by atoms with E-state index in [1.807, 2.05) is 6.29 Å². The molecule has 0 heterocycles. The van der Waals surface area contributed by atoms with Crippen molar-refractivity contribution in [2.24, 2.45) is 11.3 Å². The second kappa shape index (κ2) is 2.12. The molecular formula is C7H9Cl2O. The third-order valence-corrected chi connectivity index (χ3v) is 2.80. The Labute approximate surface area is 70.7 Å². The van der Waals surface area contributed by atoms with Crippen LogP contribution in [0.15, 0.2) is 0 Å². The molecule has 0 saturated heterocycles. The van der Waals surface area contributed by atoms with Crippen LogP contribution in [-0.2, 0) is 4.79 Å². The fraction of sp³-hybridized carbons (Fsp3) is 0.857. The predicted molar refractivity (Wildman–Crippen MR) is 42.0 cm³/mol. The van der Waals surface area contributed by atoms with E-state index in [1.54, 1.807) is 13.8 Å². The maximum atomic E-state index is 10.4. The van der Waals surface area contributed by atoms with Crippen molar-refractivity contribution < 1.29 is 4.79 Å². The molecule has 1 aliphatic carbocycles. The summed E-state index contributed by atoms with van der Waals surface area (Å²) in [4.78, 5) is 10.4. The lowest BCUT2D eigenvalue weighted by Gasteiger charge is -2.14. The average molecular weight is 180 g/mol. The Morgan fingerprint density at radius 3 is 2.10 bits per heavy atom. The molecule has 1 nitrogen and oxygen atoms in total. The molecule has 1 unspecified atom stereocenters. The highest BCUT2D eigenvalue weighted by Gasteiger charge is 2.59. The van der Waals surface area contributed by atoms with Gasteiger partial charge in [-0.05, 0) is 6.42 Å². The Hall–Kier alpha value is 0.250. The van der Waals surface area contributed by atoms with Gasteiger partial charge in [0.1, 0.15) is 4.33 Å². The van der Waals surface area contributed by atoms with Crippen LogP contribution in [-0.4, -0.2) is 10.6 Å². The number of carbonyl (C=O) groups excluding carboxylic acids is 1. The van der Waals surface area contributed by atoms with E-state index in [0.717, 1.165) is 0 Å². The summed E-state index contributed by atoms with van der Waals surface area (Å²) in [6, 6.07) is 0. The molecule has 0 aromatic heterocycles. The lowest BCUT2D eigenvalue weighted by atomic mass is 9.89. The Bertz CT molecular complexity index is 163. The molecule has 1 fully saturated rings. The summed E-state index contributed by atoms with van der Waals surface area (Å²) in [5.74, 6) is 0.0841. The highest BCUT2D eigenvalue weighted by Crippen LogP contribution is 2.60. The zero-order valence-corrected chi connectivity index (χ0v) is 7.46. The Morgan fingerprint density at radius 1 is 1.60 bits per heavy atom. The van der Waals surface area contributed by atoms with Crippen molar-refractivity contribution in [3.63, 3.8) is 0 Å². The Balaban J connectivity index is 2.62. The third kappa shape index (κ3) is 1.30. The standard InChI is InChI=1S/C7H9Cl2O/c1-6(2,4-10)5-3-7(5,8)9/h5H,3H2,1-2H3. The monoisotopic (exact) mass is 179 g/mol. The molecule has 57 valence electrons. The minimum Gasteiger partial charge on any atom is -0.290 e. The van der Waals surface area contributed by atoms with Gasteiger partial charge in [0.15, 0.2) is 0 Å². The Morgan fingerprint density at radius 2 is 2.00 bits per heavy atom. The first-order chi connectivity index (χ1) is 4.40. The highest BCUT2D eigenvalue weighted by molar-refractivity contribution is 6.51. The normalized spacial score (nSPS) is 29.8. The van der Waals surface area contributed by atoms with Gasteiger partial charge in [-0.1, -0.05) is 13.8 Å². The van der Waals surface area contributed by atoms with Crippen molar-refractivity contribution in [1.82, 2.24) is 0 Å². The summed E-state index contributed by atoms with van der Waals surface area (Å²) in [5, 5.41) is 0. The molecule has 0 amide bonds. The summed E-state index contributed by atoms with van der Waals surface area (Å²) < 4.78 is -0.666. The summed E-state index contributed by atoms with van der Waals surface area (Å²) in [6.07, 6.45) is 2.65. The Kier molecular flexibility index (Phi) is 1.77. The van der Waals surface area contributed by atoms with Crippen LogP contribution < -0.4 is 0 Å². The van der Waals surface area contributed by atoms with E-state index >= 15 is 0 Å². The molecule has 1 rings (SSSR count). The minimum absolute atomic E-state index is 0.0841. The summed E-state index contributed by atoms with van der Waals surface area (Å²) >= 11 is 11.5. The number of alkyl halides is 2. The quantitative estimate of drug-likeness (QED) is 0.596. The molecular weight excluding hydrogens is 171 g/mol. The number of rotatable bonds is 2. The number of halogens is 2. The zero-order valence-electron chi connectivity index (χ0n) is 5.95. The molecule has 10 heavy (non-hydrogen) atoms. The molecule has 1 saturated carbocycles. The van der Waals surface area contributed by atoms with Gasteiger partial charge in [-0.15, -0.1) is 23.2 Å². The first-order valence-corrected chi connectivity index (χ1v) is 3.93. The van der Waals surface area contributed by atoms with Gasteiger partial charge < -0.3 is 0 Å². The van der Waals surface area contributed by atoms with Gasteiger partial charge in [0.05, 0.1) is 0 Å². The van der Waals surface area contributed by atoms with Crippen LogP contribution in [0.4, 0.5) is 0 Å². The van der Waals surface area contributed by atoms with Gasteiger partial charge in [0.25, 0.3) is 0 Å². The molecule has 1 radical (unpaired) electrons. The van der Waals surface area contributed by atoms with Crippen molar-refractivity contribution in [3.05, 3.63) is 0 Å². The van der Waals surface area contributed by atoms with Gasteiger partial charge in [-0.3, -0.25) is 4.79 Å². The van der Waals surface area contributed by atoms with Gasteiger partial charge >= 0.3 is 0 Å². The fourth-order valence-electron chi connectivity index (χ4n) is 1.07. The summed E-state index contributed by atoms with van der Waals surface area (Å²) in [6.45, 7) is 3.61. The molecule has 0 spiro atoms. The molecule has 0 aromatic rings. The number of hydrogen-bond donors (Lipinski definition) is 0.